The van der Waals surface area contributed by atoms with E-state index in [0.29, 0.717) is 54.4 Å². The Morgan fingerprint density at radius 3 is 1.20 bits per heavy atom. The van der Waals surface area contributed by atoms with Gasteiger partial charge in [-0.2, -0.15) is 0 Å². The zero-order valence-corrected chi connectivity index (χ0v) is 29.8. The second-order valence-corrected chi connectivity index (χ2v) is 17.4. The van der Waals surface area contributed by atoms with Crippen LogP contribution in [0.4, 0.5) is 0 Å². The molecule has 7 nitrogen and oxygen atoms in total. The summed E-state index contributed by atoms with van der Waals surface area (Å²) in [6, 6.07) is 0. The van der Waals surface area contributed by atoms with E-state index in [-0.39, 0.29) is 6.10 Å². The van der Waals surface area contributed by atoms with Crippen molar-refractivity contribution in [1.29, 1.82) is 0 Å². The molecule has 266 valence electrons. The summed E-state index contributed by atoms with van der Waals surface area (Å²) in [5, 5.41) is 10.7. The van der Waals surface area contributed by atoms with E-state index >= 15 is 0 Å². The smallest absolute Gasteiger partial charge is 0.157 e. The highest BCUT2D eigenvalue weighted by Crippen LogP contribution is 2.50. The minimum atomic E-state index is -0.711. The second kappa shape index (κ2) is 16.2. The van der Waals surface area contributed by atoms with Gasteiger partial charge in [-0.05, 0) is 137 Å². The van der Waals surface area contributed by atoms with Crippen LogP contribution in [0.2, 0.25) is 0 Å². The molecule has 1 N–H and O–H groups in total. The van der Waals surface area contributed by atoms with Crippen LogP contribution in [-0.2, 0) is 28.4 Å². The highest BCUT2D eigenvalue weighted by Gasteiger charge is 2.43. The number of epoxide rings is 2. The van der Waals surface area contributed by atoms with Crippen molar-refractivity contribution in [2.24, 2.45) is 34.5 Å². The number of ether oxygens (including phenoxy) is 6. The summed E-state index contributed by atoms with van der Waals surface area (Å²) >= 11 is 0. The predicted molar refractivity (Wildman–Crippen MR) is 180 cm³/mol. The van der Waals surface area contributed by atoms with Gasteiger partial charge in [0.15, 0.2) is 6.29 Å². The zero-order chi connectivity index (χ0) is 32.1. The van der Waals surface area contributed by atoms with Crippen LogP contribution in [0.15, 0.2) is 0 Å². The molecule has 3 unspecified atom stereocenters. The molecule has 0 bridgehead atoms. The van der Waals surface area contributed by atoms with Crippen LogP contribution >= 0.6 is 0 Å². The van der Waals surface area contributed by atoms with Crippen LogP contribution in [0.3, 0.4) is 0 Å². The van der Waals surface area contributed by atoms with Gasteiger partial charge in [-0.3, -0.25) is 0 Å². The van der Waals surface area contributed by atoms with Gasteiger partial charge in [0.25, 0.3) is 0 Å². The average molecular weight is 649 g/mol. The lowest BCUT2D eigenvalue weighted by Crippen LogP contribution is -2.39. The van der Waals surface area contributed by atoms with E-state index < -0.39 is 6.29 Å². The molecule has 2 saturated heterocycles. The first-order chi connectivity index (χ1) is 22.2. The monoisotopic (exact) mass is 648 g/mol. The quantitative estimate of drug-likeness (QED) is 0.135. The third-order valence-corrected chi connectivity index (χ3v) is 13.8. The number of aliphatic hydroxyl groups excluding tert-OH is 1. The van der Waals surface area contributed by atoms with Gasteiger partial charge in [-0.15, -0.1) is 0 Å². The summed E-state index contributed by atoms with van der Waals surface area (Å²) < 4.78 is 35.3. The topological polar surface area (TPSA) is 82.2 Å². The fourth-order valence-corrected chi connectivity index (χ4v) is 9.97. The van der Waals surface area contributed by atoms with Crippen molar-refractivity contribution >= 4 is 0 Å². The lowest BCUT2D eigenvalue weighted by molar-refractivity contribution is -0.162. The maximum absolute atomic E-state index is 10.7. The fraction of sp³-hybridized carbons (Fsp3) is 1.00. The highest BCUT2D eigenvalue weighted by atomic mass is 16.6. The molecular weight excluding hydrogens is 580 g/mol. The van der Waals surface area contributed by atoms with E-state index in [2.05, 4.69) is 27.7 Å². The summed E-state index contributed by atoms with van der Waals surface area (Å²) in [6.45, 7) is 14.0. The first kappa shape index (κ1) is 35.5. The van der Waals surface area contributed by atoms with Crippen LogP contribution < -0.4 is 0 Å². The van der Waals surface area contributed by atoms with Crippen molar-refractivity contribution in [2.75, 3.05) is 33.0 Å². The van der Waals surface area contributed by atoms with Gasteiger partial charge in [-0.1, -0.05) is 27.7 Å². The van der Waals surface area contributed by atoms with Gasteiger partial charge >= 0.3 is 0 Å². The molecule has 6 aliphatic rings. The maximum Gasteiger partial charge on any atom is 0.157 e. The molecule has 2 heterocycles. The summed E-state index contributed by atoms with van der Waals surface area (Å²) in [7, 11) is 0. The van der Waals surface area contributed by atoms with E-state index in [9.17, 15) is 5.11 Å². The van der Waals surface area contributed by atoms with Crippen molar-refractivity contribution in [2.45, 2.75) is 180 Å². The Morgan fingerprint density at radius 1 is 0.522 bits per heavy atom. The lowest BCUT2D eigenvalue weighted by Gasteiger charge is -2.47. The number of rotatable bonds is 16. The second-order valence-electron chi connectivity index (χ2n) is 17.4. The van der Waals surface area contributed by atoms with E-state index in [0.717, 1.165) is 75.8 Å². The summed E-state index contributed by atoms with van der Waals surface area (Å²) in [4.78, 5) is 0. The Balaban J connectivity index is 0.813. The molecule has 6 rings (SSSR count). The Hall–Kier alpha value is -0.280. The van der Waals surface area contributed by atoms with Crippen LogP contribution in [0, 0.1) is 34.5 Å². The fourth-order valence-electron chi connectivity index (χ4n) is 9.97. The van der Waals surface area contributed by atoms with Crippen molar-refractivity contribution in [3.63, 3.8) is 0 Å². The van der Waals surface area contributed by atoms with Crippen LogP contribution in [0.1, 0.15) is 137 Å². The maximum atomic E-state index is 10.7. The zero-order valence-electron chi connectivity index (χ0n) is 29.8. The minimum absolute atomic E-state index is 0.183. The van der Waals surface area contributed by atoms with Crippen LogP contribution in [0.25, 0.3) is 0 Å². The van der Waals surface area contributed by atoms with Gasteiger partial charge in [0.2, 0.25) is 0 Å². The Bertz CT molecular complexity index is 884. The van der Waals surface area contributed by atoms with E-state index in [4.69, 9.17) is 28.4 Å². The van der Waals surface area contributed by atoms with Gasteiger partial charge in [0.1, 0.15) is 12.2 Å². The van der Waals surface area contributed by atoms with Crippen molar-refractivity contribution in [3.05, 3.63) is 0 Å². The average Bonchev–Trinajstić information content (AvgIpc) is 4.00. The SMILES string of the molecule is CC(C)(C1CCC(OCCC(O)OC2CCC(C(C)(C)C3CCC(OCC4CO4)CC3)CC2)CC1)C1CCC(OCC2CO2)CC1. The lowest BCUT2D eigenvalue weighted by atomic mass is 9.60. The first-order valence-electron chi connectivity index (χ1n) is 19.6. The molecule has 4 aliphatic carbocycles. The summed E-state index contributed by atoms with van der Waals surface area (Å²) in [5.74, 6) is 3.10. The first-order valence-corrected chi connectivity index (χ1v) is 19.6. The van der Waals surface area contributed by atoms with Crippen molar-refractivity contribution in [3.8, 4) is 0 Å². The molecular formula is C39H68O7. The minimum Gasteiger partial charge on any atom is -0.378 e. The van der Waals surface area contributed by atoms with Gasteiger partial charge in [-0.25, -0.2) is 0 Å². The van der Waals surface area contributed by atoms with E-state index in [1.54, 1.807) is 0 Å². The van der Waals surface area contributed by atoms with E-state index in [1.165, 1.54) is 77.0 Å². The summed E-state index contributed by atoms with van der Waals surface area (Å²) in [6.07, 6.45) is 21.3. The van der Waals surface area contributed by atoms with Crippen molar-refractivity contribution in [1.82, 2.24) is 0 Å². The normalized spacial score (nSPS) is 39.6. The molecule has 0 radical (unpaired) electrons. The van der Waals surface area contributed by atoms with Crippen molar-refractivity contribution < 1.29 is 33.5 Å². The van der Waals surface area contributed by atoms with Crippen LogP contribution in [0.5, 0.6) is 0 Å². The summed E-state index contributed by atoms with van der Waals surface area (Å²) in [5.41, 5.74) is 0.739. The molecule has 4 saturated carbocycles. The Labute approximate surface area is 280 Å². The van der Waals surface area contributed by atoms with E-state index in [1.807, 2.05) is 0 Å². The number of hydrogen-bond donors (Lipinski definition) is 1. The Kier molecular flexibility index (Phi) is 12.5. The third kappa shape index (κ3) is 9.91. The number of aliphatic hydroxyl groups is 1. The van der Waals surface area contributed by atoms with Gasteiger partial charge < -0.3 is 33.5 Å². The highest BCUT2D eigenvalue weighted by molar-refractivity contribution is 4.93. The standard InChI is InChI=1S/C39H68O7/c1-38(2,28-7-15-32(16-8-28)42-23-35-25-44-35)27-5-13-31(14-6-27)41-22-21-37(40)46-34-19-11-30(12-20-34)39(3,4)29-9-17-33(18-10-29)43-24-36-26-45-36/h27-37,40H,5-26H2,1-4H3. The molecule has 0 aromatic heterocycles. The third-order valence-electron chi connectivity index (χ3n) is 13.8. The number of hydrogen-bond acceptors (Lipinski definition) is 7. The largest absolute Gasteiger partial charge is 0.378 e. The molecule has 0 amide bonds. The van der Waals surface area contributed by atoms with Crippen LogP contribution in [-0.4, -0.2) is 81.1 Å². The molecule has 0 aromatic rings. The predicted octanol–water partition coefficient (Wildman–Crippen LogP) is 7.85. The molecule has 2 aliphatic heterocycles. The molecule has 0 aromatic carbocycles. The van der Waals surface area contributed by atoms with Gasteiger partial charge in [0, 0.05) is 6.42 Å². The Morgan fingerprint density at radius 2 is 0.848 bits per heavy atom. The molecule has 0 spiro atoms. The molecule has 7 heteroatoms. The molecule has 3 atom stereocenters. The molecule has 6 fully saturated rings. The van der Waals surface area contributed by atoms with Gasteiger partial charge in [0.05, 0.1) is 57.5 Å². The molecule has 46 heavy (non-hydrogen) atoms.